The van der Waals surface area contributed by atoms with Crippen molar-refractivity contribution < 1.29 is 14.1 Å². The van der Waals surface area contributed by atoms with Gasteiger partial charge in [-0.25, -0.2) is 0 Å². The molecule has 1 heterocycles. The normalized spacial score (nSPS) is 16.4. The standard InChI is InChI=1S/C11H12FN3O3/c12-11-8(2-1-3-9(11)15(17)18)6-14-5-4-13-10(16)7-14/h1-3H,4-7H2,(H,13,16). The van der Waals surface area contributed by atoms with E-state index in [4.69, 9.17) is 0 Å². The highest BCUT2D eigenvalue weighted by Gasteiger charge is 2.21. The first kappa shape index (κ1) is 12.4. The number of hydrogen-bond donors (Lipinski definition) is 1. The number of hydrogen-bond acceptors (Lipinski definition) is 4. The minimum absolute atomic E-state index is 0.118. The summed E-state index contributed by atoms with van der Waals surface area (Å²) in [6.07, 6.45) is 0. The molecule has 1 N–H and O–H groups in total. The molecule has 6 nitrogen and oxygen atoms in total. The van der Waals surface area contributed by atoms with E-state index < -0.39 is 16.4 Å². The van der Waals surface area contributed by atoms with Crippen molar-refractivity contribution in [2.24, 2.45) is 0 Å². The monoisotopic (exact) mass is 253 g/mol. The summed E-state index contributed by atoms with van der Waals surface area (Å²) in [5.74, 6) is -0.944. The Hall–Kier alpha value is -2.02. The topological polar surface area (TPSA) is 75.5 Å². The fourth-order valence-electron chi connectivity index (χ4n) is 1.90. The second-order valence-corrected chi connectivity index (χ2v) is 4.07. The Balaban J connectivity index is 2.16. The molecule has 0 radical (unpaired) electrons. The van der Waals surface area contributed by atoms with Gasteiger partial charge in [0, 0.05) is 31.3 Å². The average molecular weight is 253 g/mol. The van der Waals surface area contributed by atoms with Crippen LogP contribution in [0, 0.1) is 15.9 Å². The smallest absolute Gasteiger partial charge is 0.305 e. The third kappa shape index (κ3) is 2.62. The number of nitrogens with one attached hydrogen (secondary N) is 1. The molecule has 0 saturated carbocycles. The van der Waals surface area contributed by atoms with Gasteiger partial charge in [0.15, 0.2) is 0 Å². The van der Waals surface area contributed by atoms with Crippen LogP contribution in [0.25, 0.3) is 0 Å². The maximum atomic E-state index is 13.8. The maximum absolute atomic E-state index is 13.8. The number of piperazine rings is 1. The first-order valence-corrected chi connectivity index (χ1v) is 5.49. The van der Waals surface area contributed by atoms with E-state index in [-0.39, 0.29) is 24.6 Å². The second kappa shape index (κ2) is 5.09. The lowest BCUT2D eigenvalue weighted by molar-refractivity contribution is -0.387. The molecule has 0 unspecified atom stereocenters. The number of rotatable bonds is 3. The van der Waals surface area contributed by atoms with Crippen LogP contribution in [0.15, 0.2) is 18.2 Å². The minimum Gasteiger partial charge on any atom is -0.354 e. The highest BCUT2D eigenvalue weighted by Crippen LogP contribution is 2.21. The molecule has 0 aromatic heterocycles. The molecule has 1 aromatic carbocycles. The number of carbonyl (C=O) groups excluding carboxylic acids is 1. The molecular weight excluding hydrogens is 241 g/mol. The number of nitro benzene ring substituents is 1. The van der Waals surface area contributed by atoms with E-state index in [1.807, 2.05) is 0 Å². The molecule has 18 heavy (non-hydrogen) atoms. The molecule has 0 aliphatic carbocycles. The highest BCUT2D eigenvalue weighted by atomic mass is 19.1. The van der Waals surface area contributed by atoms with Crippen molar-refractivity contribution in [2.45, 2.75) is 6.54 Å². The number of nitrogens with zero attached hydrogens (tertiary/aromatic N) is 2. The third-order valence-corrected chi connectivity index (χ3v) is 2.77. The average Bonchev–Trinajstić information content (AvgIpc) is 2.31. The molecule has 96 valence electrons. The summed E-state index contributed by atoms with van der Waals surface area (Å²) in [6.45, 7) is 1.49. The van der Waals surface area contributed by atoms with Gasteiger partial charge in [0.1, 0.15) is 0 Å². The molecule has 1 aromatic rings. The molecule has 7 heteroatoms. The summed E-state index contributed by atoms with van der Waals surface area (Å²) < 4.78 is 13.8. The Kier molecular flexibility index (Phi) is 3.52. The Labute approximate surface area is 103 Å². The number of carbonyl (C=O) groups is 1. The number of halogens is 1. The van der Waals surface area contributed by atoms with Crippen LogP contribution in [0.3, 0.4) is 0 Å². The van der Waals surface area contributed by atoms with E-state index in [0.717, 1.165) is 6.07 Å². The van der Waals surface area contributed by atoms with Gasteiger partial charge >= 0.3 is 5.69 Å². The fraction of sp³-hybridized carbons (Fsp3) is 0.364. The fourth-order valence-corrected chi connectivity index (χ4v) is 1.90. The summed E-state index contributed by atoms with van der Waals surface area (Å²) in [5, 5.41) is 13.3. The predicted molar refractivity (Wildman–Crippen MR) is 61.3 cm³/mol. The van der Waals surface area contributed by atoms with Gasteiger partial charge < -0.3 is 5.32 Å². The molecule has 0 atom stereocenters. The van der Waals surface area contributed by atoms with E-state index >= 15 is 0 Å². The SMILES string of the molecule is O=C1CN(Cc2cccc([N+](=O)[O-])c2F)CCN1. The molecule has 1 fully saturated rings. The Bertz CT molecular complexity index is 492. The van der Waals surface area contributed by atoms with Gasteiger partial charge in [-0.2, -0.15) is 4.39 Å². The van der Waals surface area contributed by atoms with E-state index in [0.29, 0.717) is 13.1 Å². The molecule has 2 rings (SSSR count). The van der Waals surface area contributed by atoms with Crippen LogP contribution in [-0.2, 0) is 11.3 Å². The van der Waals surface area contributed by atoms with E-state index in [2.05, 4.69) is 5.32 Å². The first-order chi connectivity index (χ1) is 8.58. The Morgan fingerprint density at radius 1 is 1.50 bits per heavy atom. The van der Waals surface area contributed by atoms with Crippen LogP contribution in [0.2, 0.25) is 0 Å². The highest BCUT2D eigenvalue weighted by molar-refractivity contribution is 5.78. The zero-order valence-electron chi connectivity index (χ0n) is 9.56. The summed E-state index contributed by atoms with van der Waals surface area (Å²) in [7, 11) is 0. The molecule has 1 saturated heterocycles. The third-order valence-electron chi connectivity index (χ3n) is 2.77. The summed E-state index contributed by atoms with van der Waals surface area (Å²) >= 11 is 0. The lowest BCUT2D eigenvalue weighted by Gasteiger charge is -2.26. The summed E-state index contributed by atoms with van der Waals surface area (Å²) in [4.78, 5) is 22.8. The molecule has 0 spiro atoms. The van der Waals surface area contributed by atoms with Crippen LogP contribution in [0.5, 0.6) is 0 Å². The summed E-state index contributed by atoms with van der Waals surface area (Å²) in [6, 6.07) is 4.07. The van der Waals surface area contributed by atoms with E-state index in [1.165, 1.54) is 12.1 Å². The lowest BCUT2D eigenvalue weighted by Crippen LogP contribution is -2.47. The van der Waals surface area contributed by atoms with Crippen LogP contribution in [-0.4, -0.2) is 35.4 Å². The molecule has 0 bridgehead atoms. The summed E-state index contributed by atoms with van der Waals surface area (Å²) in [5.41, 5.74) is -0.298. The van der Waals surface area contributed by atoms with Crippen molar-refractivity contribution in [1.82, 2.24) is 10.2 Å². The maximum Gasteiger partial charge on any atom is 0.305 e. The second-order valence-electron chi connectivity index (χ2n) is 4.07. The van der Waals surface area contributed by atoms with Crippen LogP contribution >= 0.6 is 0 Å². The molecular formula is C11H12FN3O3. The van der Waals surface area contributed by atoms with Crippen LogP contribution in [0.4, 0.5) is 10.1 Å². The Morgan fingerprint density at radius 2 is 2.28 bits per heavy atom. The number of nitro groups is 1. The van der Waals surface area contributed by atoms with Gasteiger partial charge in [0.25, 0.3) is 0 Å². The van der Waals surface area contributed by atoms with Gasteiger partial charge in [-0.05, 0) is 0 Å². The quantitative estimate of drug-likeness (QED) is 0.634. The Morgan fingerprint density at radius 3 is 2.94 bits per heavy atom. The van der Waals surface area contributed by atoms with Crippen molar-refractivity contribution >= 4 is 11.6 Å². The van der Waals surface area contributed by atoms with Crippen molar-refractivity contribution in [1.29, 1.82) is 0 Å². The van der Waals surface area contributed by atoms with Crippen molar-refractivity contribution in [2.75, 3.05) is 19.6 Å². The van der Waals surface area contributed by atoms with Crippen molar-refractivity contribution in [3.8, 4) is 0 Å². The van der Waals surface area contributed by atoms with Gasteiger partial charge in [-0.3, -0.25) is 19.8 Å². The predicted octanol–water partition coefficient (Wildman–Crippen LogP) is 0.666. The van der Waals surface area contributed by atoms with Gasteiger partial charge in [-0.1, -0.05) is 12.1 Å². The molecule has 1 aliphatic heterocycles. The van der Waals surface area contributed by atoms with E-state index in [9.17, 15) is 19.3 Å². The number of amides is 1. The largest absolute Gasteiger partial charge is 0.354 e. The van der Waals surface area contributed by atoms with Crippen molar-refractivity contribution in [3.05, 3.63) is 39.7 Å². The zero-order chi connectivity index (χ0) is 13.1. The van der Waals surface area contributed by atoms with Crippen LogP contribution < -0.4 is 5.32 Å². The minimum atomic E-state index is -0.825. The van der Waals surface area contributed by atoms with E-state index in [1.54, 1.807) is 4.90 Å². The zero-order valence-corrected chi connectivity index (χ0v) is 9.56. The molecule has 1 aliphatic rings. The van der Waals surface area contributed by atoms with Gasteiger partial charge in [0.2, 0.25) is 11.7 Å². The van der Waals surface area contributed by atoms with Crippen molar-refractivity contribution in [3.63, 3.8) is 0 Å². The first-order valence-electron chi connectivity index (χ1n) is 5.49. The van der Waals surface area contributed by atoms with Gasteiger partial charge in [0.05, 0.1) is 11.5 Å². The molecule has 1 amide bonds. The number of benzene rings is 1. The lowest BCUT2D eigenvalue weighted by atomic mass is 10.1. The van der Waals surface area contributed by atoms with Crippen LogP contribution in [0.1, 0.15) is 5.56 Å². The van der Waals surface area contributed by atoms with Gasteiger partial charge in [-0.15, -0.1) is 0 Å².